The van der Waals surface area contributed by atoms with Crippen LogP contribution in [0.4, 0.5) is 0 Å². The standard InChI is InChI=1S/C11H14ClNS/c1-3-4-5-9(6-13)11-10(12)8(2)7-14-11/h7,9H,3-5H2,1-2H3. The van der Waals surface area contributed by atoms with Gasteiger partial charge in [0.2, 0.25) is 0 Å². The van der Waals surface area contributed by atoms with E-state index in [0.29, 0.717) is 0 Å². The Bertz CT molecular complexity index is 338. The Labute approximate surface area is 94.3 Å². The van der Waals surface area contributed by atoms with Crippen molar-refractivity contribution < 1.29 is 0 Å². The van der Waals surface area contributed by atoms with E-state index < -0.39 is 0 Å². The van der Waals surface area contributed by atoms with Gasteiger partial charge in [0, 0.05) is 4.88 Å². The molecule has 0 saturated carbocycles. The van der Waals surface area contributed by atoms with Gasteiger partial charge in [-0.25, -0.2) is 0 Å². The number of hydrogen-bond acceptors (Lipinski definition) is 2. The van der Waals surface area contributed by atoms with E-state index in [1.165, 1.54) is 0 Å². The molecule has 1 nitrogen and oxygen atoms in total. The lowest BCUT2D eigenvalue weighted by molar-refractivity contribution is 0.677. The van der Waals surface area contributed by atoms with E-state index in [2.05, 4.69) is 13.0 Å². The van der Waals surface area contributed by atoms with Crippen LogP contribution in [0.2, 0.25) is 5.02 Å². The normalized spacial score (nSPS) is 12.4. The fourth-order valence-corrected chi connectivity index (χ4v) is 2.75. The molecule has 14 heavy (non-hydrogen) atoms. The van der Waals surface area contributed by atoms with Crippen molar-refractivity contribution in [1.82, 2.24) is 0 Å². The average Bonchev–Trinajstić information content (AvgIpc) is 2.51. The summed E-state index contributed by atoms with van der Waals surface area (Å²) in [5.41, 5.74) is 1.09. The van der Waals surface area contributed by atoms with Crippen LogP contribution >= 0.6 is 22.9 Å². The van der Waals surface area contributed by atoms with Crippen molar-refractivity contribution in [3.8, 4) is 6.07 Å². The first kappa shape index (κ1) is 11.6. The first-order chi connectivity index (χ1) is 6.70. The number of halogens is 1. The SMILES string of the molecule is CCCCC(C#N)c1scc(C)c1Cl. The summed E-state index contributed by atoms with van der Waals surface area (Å²) in [7, 11) is 0. The van der Waals surface area contributed by atoms with Gasteiger partial charge in [-0.3, -0.25) is 0 Å². The molecule has 1 aromatic heterocycles. The van der Waals surface area contributed by atoms with Crippen LogP contribution in [0.1, 0.15) is 42.5 Å². The van der Waals surface area contributed by atoms with Crippen LogP contribution in [-0.2, 0) is 0 Å². The van der Waals surface area contributed by atoms with Crippen molar-refractivity contribution in [2.45, 2.75) is 39.0 Å². The Morgan fingerprint density at radius 1 is 1.64 bits per heavy atom. The van der Waals surface area contributed by atoms with Crippen molar-refractivity contribution in [2.24, 2.45) is 0 Å². The van der Waals surface area contributed by atoms with Gasteiger partial charge < -0.3 is 0 Å². The van der Waals surface area contributed by atoms with Gasteiger partial charge in [-0.1, -0.05) is 31.4 Å². The Morgan fingerprint density at radius 2 is 2.36 bits per heavy atom. The summed E-state index contributed by atoms with van der Waals surface area (Å²) in [6, 6.07) is 2.33. The van der Waals surface area contributed by atoms with Gasteiger partial charge in [0.1, 0.15) is 0 Å². The highest BCUT2D eigenvalue weighted by Gasteiger charge is 2.16. The summed E-state index contributed by atoms with van der Waals surface area (Å²) in [6.45, 7) is 4.12. The van der Waals surface area contributed by atoms with Gasteiger partial charge in [-0.2, -0.15) is 5.26 Å². The Hall–Kier alpha value is -0.520. The first-order valence-corrected chi connectivity index (χ1v) is 6.09. The summed E-state index contributed by atoms with van der Waals surface area (Å²) in [5.74, 6) is -0.0128. The molecule has 0 bridgehead atoms. The third kappa shape index (κ3) is 2.50. The molecule has 0 radical (unpaired) electrons. The molecule has 0 saturated heterocycles. The average molecular weight is 228 g/mol. The lowest BCUT2D eigenvalue weighted by Gasteiger charge is -2.06. The zero-order chi connectivity index (χ0) is 10.6. The lowest BCUT2D eigenvalue weighted by Crippen LogP contribution is -1.93. The molecule has 0 aliphatic heterocycles. The summed E-state index contributed by atoms with van der Waals surface area (Å²) < 4.78 is 0. The molecule has 0 aromatic carbocycles. The lowest BCUT2D eigenvalue weighted by atomic mass is 10.0. The summed E-state index contributed by atoms with van der Waals surface area (Å²) in [5, 5.41) is 11.8. The van der Waals surface area contributed by atoms with Gasteiger partial charge in [0.05, 0.1) is 17.0 Å². The van der Waals surface area contributed by atoms with E-state index in [1.54, 1.807) is 11.3 Å². The van der Waals surface area contributed by atoms with Gasteiger partial charge in [-0.05, 0) is 24.3 Å². The van der Waals surface area contributed by atoms with E-state index in [1.807, 2.05) is 12.3 Å². The third-order valence-corrected chi connectivity index (χ3v) is 4.07. The minimum Gasteiger partial charge on any atom is -0.198 e. The minimum absolute atomic E-state index is 0.0128. The van der Waals surface area contributed by atoms with Crippen LogP contribution < -0.4 is 0 Å². The van der Waals surface area contributed by atoms with Gasteiger partial charge in [-0.15, -0.1) is 11.3 Å². The predicted molar refractivity (Wildman–Crippen MR) is 61.9 cm³/mol. The molecule has 0 spiro atoms. The number of nitrogens with zero attached hydrogens (tertiary/aromatic N) is 1. The number of rotatable bonds is 4. The molecular weight excluding hydrogens is 214 g/mol. The molecule has 0 aliphatic carbocycles. The maximum Gasteiger partial charge on any atom is 0.0821 e. The predicted octanol–water partition coefficient (Wildman–Crippen LogP) is 4.51. The fraction of sp³-hybridized carbons (Fsp3) is 0.545. The van der Waals surface area contributed by atoms with Crippen molar-refractivity contribution in [1.29, 1.82) is 5.26 Å². The molecule has 0 N–H and O–H groups in total. The Balaban J connectivity index is 2.80. The second-order valence-corrected chi connectivity index (χ2v) is 4.71. The molecule has 1 rings (SSSR count). The van der Waals surface area contributed by atoms with Crippen molar-refractivity contribution in [2.75, 3.05) is 0 Å². The van der Waals surface area contributed by atoms with Gasteiger partial charge in [0.15, 0.2) is 0 Å². The van der Waals surface area contributed by atoms with Gasteiger partial charge in [0.25, 0.3) is 0 Å². The highest BCUT2D eigenvalue weighted by atomic mass is 35.5. The number of aryl methyl sites for hydroxylation is 1. The molecule has 76 valence electrons. The van der Waals surface area contributed by atoms with E-state index in [-0.39, 0.29) is 5.92 Å². The molecule has 0 amide bonds. The topological polar surface area (TPSA) is 23.8 Å². The van der Waals surface area contributed by atoms with Gasteiger partial charge >= 0.3 is 0 Å². The highest BCUT2D eigenvalue weighted by molar-refractivity contribution is 7.10. The highest BCUT2D eigenvalue weighted by Crippen LogP contribution is 2.35. The first-order valence-electron chi connectivity index (χ1n) is 4.83. The number of unbranched alkanes of at least 4 members (excludes halogenated alkanes) is 1. The van der Waals surface area contributed by atoms with Crippen LogP contribution in [0, 0.1) is 18.3 Å². The molecule has 0 aliphatic rings. The minimum atomic E-state index is -0.0128. The van der Waals surface area contributed by atoms with Crippen molar-refractivity contribution in [3.05, 3.63) is 20.8 Å². The second kappa shape index (κ2) is 5.38. The van der Waals surface area contributed by atoms with Crippen molar-refractivity contribution in [3.63, 3.8) is 0 Å². The molecule has 1 unspecified atom stereocenters. The van der Waals surface area contributed by atoms with Crippen LogP contribution in [0.25, 0.3) is 0 Å². The molecule has 1 atom stereocenters. The van der Waals surface area contributed by atoms with Crippen LogP contribution in [-0.4, -0.2) is 0 Å². The Morgan fingerprint density at radius 3 is 2.79 bits per heavy atom. The molecule has 1 aromatic rings. The summed E-state index contributed by atoms with van der Waals surface area (Å²) in [6.07, 6.45) is 3.14. The van der Waals surface area contributed by atoms with E-state index >= 15 is 0 Å². The molecule has 0 fully saturated rings. The zero-order valence-electron chi connectivity index (χ0n) is 8.51. The van der Waals surface area contributed by atoms with E-state index in [4.69, 9.17) is 16.9 Å². The number of nitriles is 1. The summed E-state index contributed by atoms with van der Waals surface area (Å²) in [4.78, 5) is 1.04. The maximum absolute atomic E-state index is 9.04. The van der Waals surface area contributed by atoms with Crippen LogP contribution in [0.15, 0.2) is 5.38 Å². The quantitative estimate of drug-likeness (QED) is 0.743. The zero-order valence-corrected chi connectivity index (χ0v) is 10.1. The maximum atomic E-state index is 9.04. The van der Waals surface area contributed by atoms with Crippen LogP contribution in [0.5, 0.6) is 0 Å². The monoisotopic (exact) mass is 227 g/mol. The summed E-state index contributed by atoms with van der Waals surface area (Å²) >= 11 is 7.73. The van der Waals surface area contributed by atoms with Crippen LogP contribution in [0.3, 0.4) is 0 Å². The second-order valence-electron chi connectivity index (χ2n) is 3.42. The van der Waals surface area contributed by atoms with Crippen molar-refractivity contribution >= 4 is 22.9 Å². The smallest absolute Gasteiger partial charge is 0.0821 e. The number of hydrogen-bond donors (Lipinski definition) is 0. The molecule has 1 heterocycles. The number of thiophene rings is 1. The largest absolute Gasteiger partial charge is 0.198 e. The fourth-order valence-electron chi connectivity index (χ4n) is 1.35. The Kier molecular flexibility index (Phi) is 4.44. The van der Waals surface area contributed by atoms with E-state index in [0.717, 1.165) is 34.7 Å². The third-order valence-electron chi connectivity index (χ3n) is 2.24. The molecular formula is C11H14ClNS. The molecule has 3 heteroatoms. The van der Waals surface area contributed by atoms with E-state index in [9.17, 15) is 0 Å².